The zero-order valence-corrected chi connectivity index (χ0v) is 7.12. The highest BCUT2D eigenvalue weighted by atomic mass is 32.2. The maximum absolute atomic E-state index is 10.8. The first kappa shape index (κ1) is 9.11. The molecule has 0 heterocycles. The summed E-state index contributed by atoms with van der Waals surface area (Å²) in [7, 11) is -0.659. The van der Waals surface area contributed by atoms with Crippen molar-refractivity contribution in [1.82, 2.24) is 5.32 Å². The Balaban J connectivity index is 3.17. The molecule has 0 aliphatic heterocycles. The van der Waals surface area contributed by atoms with Crippen LogP contribution in [0.1, 0.15) is 20.8 Å². The molecule has 0 saturated carbocycles. The molecule has 0 amide bonds. The van der Waals surface area contributed by atoms with Crippen molar-refractivity contribution < 1.29 is 4.21 Å². The van der Waals surface area contributed by atoms with Gasteiger partial charge in [0.05, 0.1) is 5.88 Å². The van der Waals surface area contributed by atoms with Crippen LogP contribution in [-0.2, 0) is 10.8 Å². The molecule has 0 aliphatic rings. The van der Waals surface area contributed by atoms with Crippen molar-refractivity contribution >= 4 is 10.8 Å². The van der Waals surface area contributed by atoms with E-state index in [0.29, 0.717) is 11.9 Å². The minimum absolute atomic E-state index is 0.445. The molecule has 56 valence electrons. The van der Waals surface area contributed by atoms with Crippen LogP contribution in [-0.4, -0.2) is 21.9 Å². The van der Waals surface area contributed by atoms with Gasteiger partial charge in [0, 0.05) is 22.6 Å². The number of nitrogens with one attached hydrogen (secondary N) is 1. The van der Waals surface area contributed by atoms with E-state index in [0.717, 1.165) is 5.75 Å². The lowest BCUT2D eigenvalue weighted by molar-refractivity contribution is 0.632. The van der Waals surface area contributed by atoms with Crippen LogP contribution < -0.4 is 5.32 Å². The molecule has 9 heavy (non-hydrogen) atoms. The van der Waals surface area contributed by atoms with Gasteiger partial charge in [0.15, 0.2) is 0 Å². The Hall–Kier alpha value is 0.110. The van der Waals surface area contributed by atoms with Crippen LogP contribution in [0.4, 0.5) is 0 Å². The first-order chi connectivity index (χ1) is 4.16. The molecule has 0 bridgehead atoms. The fourth-order valence-corrected chi connectivity index (χ4v) is 1.09. The van der Waals surface area contributed by atoms with Gasteiger partial charge in [-0.25, -0.2) is 0 Å². The number of rotatable bonds is 4. The second kappa shape index (κ2) is 4.94. The quantitative estimate of drug-likeness (QED) is 0.638. The van der Waals surface area contributed by atoms with Crippen molar-refractivity contribution in [3.63, 3.8) is 0 Å². The topological polar surface area (TPSA) is 29.1 Å². The van der Waals surface area contributed by atoms with Crippen LogP contribution in [0.2, 0.25) is 0 Å². The minimum atomic E-state index is -0.659. The summed E-state index contributed by atoms with van der Waals surface area (Å²) >= 11 is 0. The molecule has 0 rings (SSSR count). The Morgan fingerprint density at radius 3 is 2.44 bits per heavy atom. The maximum Gasteiger partial charge on any atom is 0.0724 e. The van der Waals surface area contributed by atoms with Gasteiger partial charge in [-0.15, -0.1) is 0 Å². The molecule has 1 unspecified atom stereocenters. The van der Waals surface area contributed by atoms with E-state index in [1.165, 1.54) is 0 Å². The molecule has 0 saturated heterocycles. The van der Waals surface area contributed by atoms with Gasteiger partial charge in [-0.1, -0.05) is 20.8 Å². The van der Waals surface area contributed by atoms with E-state index >= 15 is 0 Å². The molecule has 0 aromatic rings. The highest BCUT2D eigenvalue weighted by Crippen LogP contribution is 1.80. The molecule has 1 atom stereocenters. The first-order valence-corrected chi connectivity index (χ1v) is 4.74. The molecule has 0 aromatic heterocycles. The molecule has 0 radical (unpaired) electrons. The van der Waals surface area contributed by atoms with Crippen molar-refractivity contribution in [2.45, 2.75) is 26.8 Å². The van der Waals surface area contributed by atoms with Gasteiger partial charge in [0.25, 0.3) is 0 Å². The lowest BCUT2D eigenvalue weighted by Crippen LogP contribution is -2.26. The first-order valence-electron chi connectivity index (χ1n) is 3.25. The van der Waals surface area contributed by atoms with Crippen LogP contribution in [0.5, 0.6) is 0 Å². The van der Waals surface area contributed by atoms with Crippen molar-refractivity contribution in [3.05, 3.63) is 0 Å². The van der Waals surface area contributed by atoms with E-state index < -0.39 is 10.8 Å². The summed E-state index contributed by atoms with van der Waals surface area (Å²) in [6, 6.07) is 0.445. The summed E-state index contributed by atoms with van der Waals surface area (Å²) in [6.45, 7) is 6.03. The predicted octanol–water partition coefficient (Wildman–Crippen LogP) is 0.710. The zero-order chi connectivity index (χ0) is 7.28. The molecule has 0 aromatic carbocycles. The summed E-state index contributed by atoms with van der Waals surface area (Å²) in [5, 5.41) is 3.10. The van der Waals surface area contributed by atoms with Crippen molar-refractivity contribution in [3.8, 4) is 0 Å². The van der Waals surface area contributed by atoms with Gasteiger partial charge >= 0.3 is 0 Å². The van der Waals surface area contributed by atoms with Crippen LogP contribution >= 0.6 is 0 Å². The summed E-state index contributed by atoms with van der Waals surface area (Å²) in [5.74, 6) is 1.38. The van der Waals surface area contributed by atoms with Gasteiger partial charge in [0.1, 0.15) is 0 Å². The Morgan fingerprint density at radius 1 is 1.56 bits per heavy atom. The molecule has 3 heteroatoms. The van der Waals surface area contributed by atoms with Gasteiger partial charge in [0.2, 0.25) is 0 Å². The average Bonchev–Trinajstić information content (AvgIpc) is 1.83. The van der Waals surface area contributed by atoms with E-state index in [-0.39, 0.29) is 0 Å². The van der Waals surface area contributed by atoms with Gasteiger partial charge in [-0.3, -0.25) is 4.21 Å². The highest BCUT2D eigenvalue weighted by molar-refractivity contribution is 7.84. The SMILES string of the molecule is CCS(=O)CNC(C)C. The molecule has 0 aliphatic carbocycles. The third-order valence-corrected chi connectivity index (χ3v) is 2.11. The molecule has 2 nitrogen and oxygen atoms in total. The minimum Gasteiger partial charge on any atom is -0.304 e. The molecule has 0 spiro atoms. The standard InChI is InChI=1S/C6H15NOS/c1-4-9(8)5-7-6(2)3/h6-7H,4-5H2,1-3H3. The van der Waals surface area contributed by atoms with Crippen molar-refractivity contribution in [2.24, 2.45) is 0 Å². The largest absolute Gasteiger partial charge is 0.304 e. The lowest BCUT2D eigenvalue weighted by Gasteiger charge is -2.05. The molecule has 1 N–H and O–H groups in total. The fraction of sp³-hybridized carbons (Fsp3) is 1.00. The van der Waals surface area contributed by atoms with E-state index in [9.17, 15) is 4.21 Å². The monoisotopic (exact) mass is 149 g/mol. The Morgan fingerprint density at radius 2 is 2.11 bits per heavy atom. The smallest absolute Gasteiger partial charge is 0.0724 e. The molecular weight excluding hydrogens is 134 g/mol. The van der Waals surface area contributed by atoms with E-state index in [1.54, 1.807) is 0 Å². The second-order valence-corrected chi connectivity index (χ2v) is 3.98. The van der Waals surface area contributed by atoms with Gasteiger partial charge in [-0.2, -0.15) is 0 Å². The highest BCUT2D eigenvalue weighted by Gasteiger charge is 1.95. The van der Waals surface area contributed by atoms with Crippen molar-refractivity contribution in [2.75, 3.05) is 11.6 Å². The maximum atomic E-state index is 10.8. The Labute approximate surface area is 59.5 Å². The third-order valence-electron chi connectivity index (χ3n) is 0.975. The predicted molar refractivity (Wildman–Crippen MR) is 41.8 cm³/mol. The van der Waals surface area contributed by atoms with E-state index in [4.69, 9.17) is 0 Å². The van der Waals surface area contributed by atoms with Gasteiger partial charge in [-0.05, 0) is 0 Å². The summed E-state index contributed by atoms with van der Waals surface area (Å²) in [6.07, 6.45) is 0. The average molecular weight is 149 g/mol. The Kier molecular flexibility index (Phi) is 5.00. The zero-order valence-electron chi connectivity index (χ0n) is 6.31. The fourth-order valence-electron chi connectivity index (χ4n) is 0.362. The second-order valence-electron chi connectivity index (χ2n) is 2.23. The number of hydrogen-bond acceptors (Lipinski definition) is 2. The lowest BCUT2D eigenvalue weighted by atomic mass is 10.4. The van der Waals surface area contributed by atoms with Crippen molar-refractivity contribution in [1.29, 1.82) is 0 Å². The Bertz CT molecular complexity index is 93.1. The summed E-state index contributed by atoms with van der Waals surface area (Å²) in [4.78, 5) is 0. The summed E-state index contributed by atoms with van der Waals surface area (Å²) in [5.41, 5.74) is 0. The van der Waals surface area contributed by atoms with Crippen LogP contribution in [0.15, 0.2) is 0 Å². The summed E-state index contributed by atoms with van der Waals surface area (Å²) < 4.78 is 10.8. The van der Waals surface area contributed by atoms with Crippen LogP contribution in [0.25, 0.3) is 0 Å². The molecular formula is C6H15NOS. The van der Waals surface area contributed by atoms with E-state index in [2.05, 4.69) is 5.32 Å². The third kappa shape index (κ3) is 5.99. The van der Waals surface area contributed by atoms with Crippen LogP contribution in [0.3, 0.4) is 0 Å². The normalized spacial score (nSPS) is 14.2. The van der Waals surface area contributed by atoms with E-state index in [1.807, 2.05) is 20.8 Å². The van der Waals surface area contributed by atoms with Crippen LogP contribution in [0, 0.1) is 0 Å². The number of hydrogen-bond donors (Lipinski definition) is 1. The molecule has 0 fully saturated rings. The van der Waals surface area contributed by atoms with Gasteiger partial charge < -0.3 is 5.32 Å².